The number of ether oxygens (including phenoxy) is 1. The SMILES string of the molecule is COCCC1(CNc2nc3cc(F)ccc3o2)CCCC1. The zero-order chi connectivity index (χ0) is 14.7. The monoisotopic (exact) mass is 292 g/mol. The average Bonchev–Trinajstić information content (AvgIpc) is 3.09. The summed E-state index contributed by atoms with van der Waals surface area (Å²) in [5.41, 5.74) is 1.42. The second kappa shape index (κ2) is 6.02. The van der Waals surface area contributed by atoms with Crippen molar-refractivity contribution in [3.8, 4) is 0 Å². The van der Waals surface area contributed by atoms with Crippen molar-refractivity contribution >= 4 is 17.1 Å². The van der Waals surface area contributed by atoms with Gasteiger partial charge in [-0.05, 0) is 36.8 Å². The van der Waals surface area contributed by atoms with Crippen LogP contribution in [-0.2, 0) is 4.74 Å². The van der Waals surface area contributed by atoms with Crippen LogP contribution in [0.2, 0.25) is 0 Å². The van der Waals surface area contributed by atoms with E-state index in [4.69, 9.17) is 9.15 Å². The van der Waals surface area contributed by atoms with E-state index in [1.807, 2.05) is 0 Å². The minimum absolute atomic E-state index is 0.266. The molecule has 1 aliphatic carbocycles. The fraction of sp³-hybridized carbons (Fsp3) is 0.562. The lowest BCUT2D eigenvalue weighted by Gasteiger charge is -2.28. The number of benzene rings is 1. The Kier molecular flexibility index (Phi) is 4.10. The highest BCUT2D eigenvalue weighted by molar-refractivity contribution is 5.74. The van der Waals surface area contributed by atoms with Crippen LogP contribution in [0.4, 0.5) is 10.4 Å². The first-order valence-electron chi connectivity index (χ1n) is 7.50. The Morgan fingerprint density at radius 1 is 1.38 bits per heavy atom. The van der Waals surface area contributed by atoms with E-state index in [0.717, 1.165) is 19.6 Å². The van der Waals surface area contributed by atoms with Crippen LogP contribution in [0.15, 0.2) is 22.6 Å². The second-order valence-electron chi connectivity index (χ2n) is 5.93. The summed E-state index contributed by atoms with van der Waals surface area (Å²) in [7, 11) is 1.74. The molecule has 2 aromatic rings. The van der Waals surface area contributed by atoms with Gasteiger partial charge in [0.2, 0.25) is 0 Å². The molecule has 0 aliphatic heterocycles. The van der Waals surface area contributed by atoms with E-state index in [0.29, 0.717) is 17.1 Å². The van der Waals surface area contributed by atoms with Crippen LogP contribution in [0, 0.1) is 11.2 Å². The number of nitrogens with zero attached hydrogens (tertiary/aromatic N) is 1. The molecule has 21 heavy (non-hydrogen) atoms. The number of oxazole rings is 1. The fourth-order valence-corrected chi connectivity index (χ4v) is 3.20. The molecule has 1 fully saturated rings. The van der Waals surface area contributed by atoms with Gasteiger partial charge in [0.1, 0.15) is 11.3 Å². The van der Waals surface area contributed by atoms with Crippen LogP contribution in [0.25, 0.3) is 11.1 Å². The molecule has 1 N–H and O–H groups in total. The Hall–Kier alpha value is -1.62. The van der Waals surface area contributed by atoms with E-state index < -0.39 is 0 Å². The van der Waals surface area contributed by atoms with E-state index in [-0.39, 0.29) is 11.2 Å². The van der Waals surface area contributed by atoms with Crippen LogP contribution in [-0.4, -0.2) is 25.2 Å². The van der Waals surface area contributed by atoms with Crippen LogP contribution in [0.1, 0.15) is 32.1 Å². The number of rotatable bonds is 6. The Labute approximate surface area is 123 Å². The van der Waals surface area contributed by atoms with Gasteiger partial charge in [0, 0.05) is 26.3 Å². The van der Waals surface area contributed by atoms with Crippen molar-refractivity contribution in [1.29, 1.82) is 0 Å². The topological polar surface area (TPSA) is 47.3 Å². The number of hydrogen-bond acceptors (Lipinski definition) is 4. The summed E-state index contributed by atoms with van der Waals surface area (Å²) in [5.74, 6) is -0.297. The van der Waals surface area contributed by atoms with Crippen LogP contribution in [0.3, 0.4) is 0 Å². The lowest BCUT2D eigenvalue weighted by molar-refractivity contribution is 0.143. The predicted molar refractivity (Wildman–Crippen MR) is 79.9 cm³/mol. The average molecular weight is 292 g/mol. The minimum atomic E-state index is -0.297. The first-order chi connectivity index (χ1) is 10.2. The Bertz CT molecular complexity index is 605. The van der Waals surface area contributed by atoms with Gasteiger partial charge in [-0.3, -0.25) is 0 Å². The summed E-state index contributed by atoms with van der Waals surface area (Å²) >= 11 is 0. The number of halogens is 1. The van der Waals surface area contributed by atoms with E-state index >= 15 is 0 Å². The molecule has 1 aromatic heterocycles. The summed E-state index contributed by atoms with van der Waals surface area (Å²) < 4.78 is 24.0. The standard InChI is InChI=1S/C16H21FN2O2/c1-20-9-8-16(6-2-3-7-16)11-18-15-19-13-10-12(17)4-5-14(13)21-15/h4-5,10H,2-3,6-9,11H2,1H3,(H,18,19). The highest BCUT2D eigenvalue weighted by atomic mass is 19.1. The van der Waals surface area contributed by atoms with E-state index in [1.54, 1.807) is 13.2 Å². The molecule has 1 heterocycles. The van der Waals surface area contributed by atoms with Gasteiger partial charge in [-0.2, -0.15) is 4.98 Å². The van der Waals surface area contributed by atoms with Crippen molar-refractivity contribution < 1.29 is 13.5 Å². The van der Waals surface area contributed by atoms with Crippen LogP contribution < -0.4 is 5.32 Å². The van der Waals surface area contributed by atoms with Crippen molar-refractivity contribution in [3.05, 3.63) is 24.0 Å². The molecule has 114 valence electrons. The summed E-state index contributed by atoms with van der Waals surface area (Å²) in [5, 5.41) is 3.29. The van der Waals surface area contributed by atoms with Crippen molar-refractivity contribution in [2.45, 2.75) is 32.1 Å². The largest absolute Gasteiger partial charge is 0.424 e. The molecule has 0 saturated heterocycles. The van der Waals surface area contributed by atoms with Gasteiger partial charge in [0.15, 0.2) is 5.58 Å². The molecule has 5 heteroatoms. The normalized spacial score (nSPS) is 17.4. The van der Waals surface area contributed by atoms with Crippen molar-refractivity contribution in [3.63, 3.8) is 0 Å². The lowest BCUT2D eigenvalue weighted by atomic mass is 9.83. The second-order valence-corrected chi connectivity index (χ2v) is 5.93. The molecule has 1 aliphatic rings. The molecule has 1 saturated carbocycles. The van der Waals surface area contributed by atoms with Gasteiger partial charge in [-0.15, -0.1) is 0 Å². The van der Waals surface area contributed by atoms with Crippen molar-refractivity contribution in [1.82, 2.24) is 4.98 Å². The molecule has 4 nitrogen and oxygen atoms in total. The van der Waals surface area contributed by atoms with E-state index in [9.17, 15) is 4.39 Å². The smallest absolute Gasteiger partial charge is 0.295 e. The first-order valence-corrected chi connectivity index (χ1v) is 7.50. The molecule has 0 spiro atoms. The third-order valence-corrected chi connectivity index (χ3v) is 4.46. The molecule has 0 radical (unpaired) electrons. The van der Waals surface area contributed by atoms with Crippen molar-refractivity contribution in [2.75, 3.05) is 25.6 Å². The number of fused-ring (bicyclic) bond motifs is 1. The van der Waals surface area contributed by atoms with E-state index in [2.05, 4.69) is 10.3 Å². The maximum absolute atomic E-state index is 13.2. The lowest BCUT2D eigenvalue weighted by Crippen LogP contribution is -2.28. The summed E-state index contributed by atoms with van der Waals surface area (Å²) in [6.07, 6.45) is 6.00. The Morgan fingerprint density at radius 2 is 2.19 bits per heavy atom. The van der Waals surface area contributed by atoms with Crippen LogP contribution >= 0.6 is 0 Å². The molecule has 0 bridgehead atoms. The minimum Gasteiger partial charge on any atom is -0.424 e. The Balaban J connectivity index is 1.69. The zero-order valence-corrected chi connectivity index (χ0v) is 12.3. The quantitative estimate of drug-likeness (QED) is 0.875. The molecular weight excluding hydrogens is 271 g/mol. The summed E-state index contributed by atoms with van der Waals surface area (Å²) in [4.78, 5) is 4.30. The number of hydrogen-bond donors (Lipinski definition) is 1. The Morgan fingerprint density at radius 3 is 2.95 bits per heavy atom. The molecule has 0 atom stereocenters. The van der Waals surface area contributed by atoms with Crippen LogP contribution in [0.5, 0.6) is 0 Å². The fourth-order valence-electron chi connectivity index (χ4n) is 3.20. The summed E-state index contributed by atoms with van der Waals surface area (Å²) in [6, 6.07) is 4.85. The molecular formula is C16H21FN2O2. The van der Waals surface area contributed by atoms with Crippen molar-refractivity contribution in [2.24, 2.45) is 5.41 Å². The van der Waals surface area contributed by atoms with Gasteiger partial charge >= 0.3 is 0 Å². The van der Waals surface area contributed by atoms with Gasteiger partial charge in [0.25, 0.3) is 6.01 Å². The first kappa shape index (κ1) is 14.3. The third-order valence-electron chi connectivity index (χ3n) is 4.46. The maximum atomic E-state index is 13.2. The maximum Gasteiger partial charge on any atom is 0.295 e. The summed E-state index contributed by atoms with van der Waals surface area (Å²) in [6.45, 7) is 1.60. The highest BCUT2D eigenvalue weighted by Crippen LogP contribution is 2.41. The highest BCUT2D eigenvalue weighted by Gasteiger charge is 2.33. The number of nitrogens with one attached hydrogen (secondary N) is 1. The molecule has 0 unspecified atom stereocenters. The zero-order valence-electron chi connectivity index (χ0n) is 12.3. The molecule has 3 rings (SSSR count). The number of anilines is 1. The third kappa shape index (κ3) is 3.18. The van der Waals surface area contributed by atoms with Gasteiger partial charge in [0.05, 0.1) is 0 Å². The number of methoxy groups -OCH3 is 1. The van der Waals surface area contributed by atoms with E-state index in [1.165, 1.54) is 37.8 Å². The molecule has 1 aromatic carbocycles. The molecule has 0 amide bonds. The predicted octanol–water partition coefficient (Wildman–Crippen LogP) is 3.98. The van der Waals surface area contributed by atoms with Gasteiger partial charge in [-0.1, -0.05) is 12.8 Å². The van der Waals surface area contributed by atoms with Gasteiger partial charge in [-0.25, -0.2) is 4.39 Å². The van der Waals surface area contributed by atoms with Gasteiger partial charge < -0.3 is 14.5 Å². The number of aromatic nitrogens is 1.